The molecule has 20 heavy (non-hydrogen) atoms. The number of carbonyl (C=O) groups is 1. The second-order valence-corrected chi connectivity index (χ2v) is 5.63. The number of hydrogen-bond acceptors (Lipinski definition) is 2. The number of amides is 1. The Bertz CT molecular complexity index is 433. The molecule has 1 aromatic rings. The molecular weight excluding hydrogens is 248 g/mol. The van der Waals surface area contributed by atoms with Crippen LogP contribution in [0.3, 0.4) is 0 Å². The van der Waals surface area contributed by atoms with Crippen LogP contribution in [0.15, 0.2) is 24.3 Å². The lowest BCUT2D eigenvalue weighted by Gasteiger charge is -2.27. The van der Waals surface area contributed by atoms with E-state index in [2.05, 4.69) is 49.9 Å². The van der Waals surface area contributed by atoms with Gasteiger partial charge in [-0.15, -0.1) is 0 Å². The van der Waals surface area contributed by atoms with Crippen molar-refractivity contribution in [3.63, 3.8) is 0 Å². The van der Waals surface area contributed by atoms with Crippen molar-refractivity contribution in [3.05, 3.63) is 29.8 Å². The molecule has 110 valence electrons. The fourth-order valence-corrected chi connectivity index (χ4v) is 2.42. The van der Waals surface area contributed by atoms with Gasteiger partial charge < -0.3 is 9.80 Å². The number of rotatable bonds is 7. The first-order valence-electron chi connectivity index (χ1n) is 7.76. The molecule has 0 N–H and O–H groups in total. The average molecular weight is 274 g/mol. The first-order valence-corrected chi connectivity index (χ1v) is 7.76. The fourth-order valence-electron chi connectivity index (χ4n) is 2.42. The minimum absolute atomic E-state index is 0.271. The molecule has 0 spiro atoms. The van der Waals surface area contributed by atoms with E-state index in [9.17, 15) is 4.79 Å². The maximum atomic E-state index is 12.5. The zero-order valence-corrected chi connectivity index (χ0v) is 12.9. The van der Waals surface area contributed by atoms with Gasteiger partial charge in [-0.05, 0) is 45.0 Å². The van der Waals surface area contributed by atoms with Crippen LogP contribution < -0.4 is 4.90 Å². The van der Waals surface area contributed by atoms with Gasteiger partial charge in [0.1, 0.15) is 0 Å². The van der Waals surface area contributed by atoms with Crippen LogP contribution in [-0.2, 0) is 4.79 Å². The number of anilines is 1. The van der Waals surface area contributed by atoms with Crippen LogP contribution in [0.4, 0.5) is 5.69 Å². The number of likely N-dealkylation sites (N-methyl/N-ethyl adjacent to an activating group) is 1. The highest BCUT2D eigenvalue weighted by molar-refractivity contribution is 5.96. The molecule has 3 heteroatoms. The van der Waals surface area contributed by atoms with Crippen LogP contribution in [0.5, 0.6) is 0 Å². The number of hydrogen-bond donors (Lipinski definition) is 0. The van der Waals surface area contributed by atoms with E-state index in [1.165, 1.54) is 5.56 Å². The predicted molar refractivity (Wildman–Crippen MR) is 84.0 cm³/mol. The van der Waals surface area contributed by atoms with Crippen molar-refractivity contribution in [2.75, 3.05) is 31.1 Å². The van der Waals surface area contributed by atoms with Crippen molar-refractivity contribution >= 4 is 11.6 Å². The highest BCUT2D eigenvalue weighted by Gasteiger charge is 2.33. The zero-order chi connectivity index (χ0) is 14.5. The summed E-state index contributed by atoms with van der Waals surface area (Å²) < 4.78 is 0. The molecule has 1 amide bonds. The standard InChI is InChI=1S/C17H26N2O/c1-4-18(5-2)12-13-19(17(20)15-8-9-15)16-10-6-14(3)7-11-16/h6-7,10-11,15H,4-5,8-9,12-13H2,1-3H3. The van der Waals surface area contributed by atoms with E-state index >= 15 is 0 Å². The largest absolute Gasteiger partial charge is 0.311 e. The van der Waals surface area contributed by atoms with E-state index in [0.717, 1.165) is 44.7 Å². The molecule has 0 unspecified atom stereocenters. The molecule has 0 aromatic heterocycles. The lowest BCUT2D eigenvalue weighted by molar-refractivity contribution is -0.119. The lowest BCUT2D eigenvalue weighted by Crippen LogP contribution is -2.39. The van der Waals surface area contributed by atoms with Crippen molar-refractivity contribution in [2.24, 2.45) is 5.92 Å². The van der Waals surface area contributed by atoms with Crippen molar-refractivity contribution < 1.29 is 4.79 Å². The van der Waals surface area contributed by atoms with Gasteiger partial charge in [-0.2, -0.15) is 0 Å². The minimum atomic E-state index is 0.271. The maximum Gasteiger partial charge on any atom is 0.230 e. The maximum absolute atomic E-state index is 12.5. The second kappa shape index (κ2) is 6.89. The number of carbonyl (C=O) groups excluding carboxylic acids is 1. The molecule has 0 saturated heterocycles. The first kappa shape index (κ1) is 15.0. The molecule has 1 aliphatic rings. The van der Waals surface area contributed by atoms with E-state index in [-0.39, 0.29) is 5.92 Å². The van der Waals surface area contributed by atoms with Gasteiger partial charge >= 0.3 is 0 Å². The van der Waals surface area contributed by atoms with Gasteiger partial charge in [0.2, 0.25) is 5.91 Å². The minimum Gasteiger partial charge on any atom is -0.311 e. The normalized spacial score (nSPS) is 14.6. The Balaban J connectivity index is 2.07. The molecule has 1 saturated carbocycles. The Labute approximate surface area is 122 Å². The summed E-state index contributed by atoms with van der Waals surface area (Å²) in [4.78, 5) is 16.8. The molecule has 1 aliphatic carbocycles. The Morgan fingerprint density at radius 1 is 1.10 bits per heavy atom. The lowest BCUT2D eigenvalue weighted by atomic mass is 10.2. The van der Waals surface area contributed by atoms with Gasteiger partial charge in [0.25, 0.3) is 0 Å². The van der Waals surface area contributed by atoms with E-state index in [4.69, 9.17) is 0 Å². The van der Waals surface area contributed by atoms with Gasteiger partial charge in [-0.25, -0.2) is 0 Å². The van der Waals surface area contributed by atoms with Gasteiger partial charge in [0.05, 0.1) is 0 Å². The van der Waals surface area contributed by atoms with E-state index in [1.807, 2.05) is 4.90 Å². The van der Waals surface area contributed by atoms with Crippen molar-refractivity contribution in [1.82, 2.24) is 4.90 Å². The van der Waals surface area contributed by atoms with Gasteiger partial charge in [-0.1, -0.05) is 31.5 Å². The predicted octanol–water partition coefficient (Wildman–Crippen LogP) is 3.08. The summed E-state index contributed by atoms with van der Waals surface area (Å²) in [6, 6.07) is 8.30. The topological polar surface area (TPSA) is 23.6 Å². The van der Waals surface area contributed by atoms with Crippen LogP contribution in [0.2, 0.25) is 0 Å². The van der Waals surface area contributed by atoms with Crippen LogP contribution in [0.25, 0.3) is 0 Å². The van der Waals surface area contributed by atoms with Crippen molar-refractivity contribution in [2.45, 2.75) is 33.6 Å². The number of aryl methyl sites for hydroxylation is 1. The Morgan fingerprint density at radius 3 is 2.20 bits per heavy atom. The summed E-state index contributed by atoms with van der Waals surface area (Å²) in [5.74, 6) is 0.578. The van der Waals surface area contributed by atoms with Gasteiger partial charge in [-0.3, -0.25) is 4.79 Å². The molecule has 0 heterocycles. The van der Waals surface area contributed by atoms with Crippen LogP contribution in [0.1, 0.15) is 32.3 Å². The molecule has 0 atom stereocenters. The van der Waals surface area contributed by atoms with Crippen LogP contribution >= 0.6 is 0 Å². The fraction of sp³-hybridized carbons (Fsp3) is 0.588. The molecule has 3 nitrogen and oxygen atoms in total. The highest BCUT2D eigenvalue weighted by atomic mass is 16.2. The Morgan fingerprint density at radius 2 is 1.70 bits per heavy atom. The summed E-state index contributed by atoms with van der Waals surface area (Å²) in [5, 5.41) is 0. The van der Waals surface area contributed by atoms with Gasteiger partial charge in [0.15, 0.2) is 0 Å². The molecule has 1 aromatic carbocycles. The molecule has 0 aliphatic heterocycles. The van der Waals surface area contributed by atoms with E-state index < -0.39 is 0 Å². The summed E-state index contributed by atoms with van der Waals surface area (Å²) in [5.41, 5.74) is 2.27. The third kappa shape index (κ3) is 3.83. The summed E-state index contributed by atoms with van der Waals surface area (Å²) in [6.07, 6.45) is 2.12. The molecule has 2 rings (SSSR count). The smallest absolute Gasteiger partial charge is 0.230 e. The molecule has 0 radical (unpaired) electrons. The first-order chi connectivity index (χ1) is 9.65. The monoisotopic (exact) mass is 274 g/mol. The van der Waals surface area contributed by atoms with Crippen LogP contribution in [-0.4, -0.2) is 37.0 Å². The Hall–Kier alpha value is -1.35. The van der Waals surface area contributed by atoms with Crippen LogP contribution in [0, 0.1) is 12.8 Å². The van der Waals surface area contributed by atoms with E-state index in [0.29, 0.717) is 5.91 Å². The summed E-state index contributed by atoms with van der Waals surface area (Å²) >= 11 is 0. The SMILES string of the molecule is CCN(CC)CCN(C(=O)C1CC1)c1ccc(C)cc1. The van der Waals surface area contributed by atoms with Crippen molar-refractivity contribution in [1.29, 1.82) is 0 Å². The quantitative estimate of drug-likeness (QED) is 0.763. The summed E-state index contributed by atoms with van der Waals surface area (Å²) in [6.45, 7) is 10.2. The average Bonchev–Trinajstić information content (AvgIpc) is 3.29. The Kier molecular flexibility index (Phi) is 5.18. The third-order valence-electron chi connectivity index (χ3n) is 4.07. The summed E-state index contributed by atoms with van der Waals surface area (Å²) in [7, 11) is 0. The molecular formula is C17H26N2O. The molecule has 0 bridgehead atoms. The zero-order valence-electron chi connectivity index (χ0n) is 12.9. The molecule has 1 fully saturated rings. The number of nitrogens with zero attached hydrogens (tertiary/aromatic N) is 2. The third-order valence-corrected chi connectivity index (χ3v) is 4.07. The van der Waals surface area contributed by atoms with E-state index in [1.54, 1.807) is 0 Å². The van der Waals surface area contributed by atoms with Gasteiger partial charge in [0, 0.05) is 24.7 Å². The second-order valence-electron chi connectivity index (χ2n) is 5.63. The van der Waals surface area contributed by atoms with Crippen molar-refractivity contribution in [3.8, 4) is 0 Å². The highest BCUT2D eigenvalue weighted by Crippen LogP contribution is 2.32. The number of benzene rings is 1.